The number of aromatic amines is 1. The van der Waals surface area contributed by atoms with Crippen LogP contribution < -0.4 is 10.6 Å². The van der Waals surface area contributed by atoms with Crippen LogP contribution >= 0.6 is 0 Å². The molecule has 0 spiro atoms. The molecule has 4 rings (SSSR count). The number of esters is 1. The van der Waals surface area contributed by atoms with E-state index in [1.165, 1.54) is 7.11 Å². The van der Waals surface area contributed by atoms with Gasteiger partial charge in [-0.15, -0.1) is 0 Å². The van der Waals surface area contributed by atoms with Gasteiger partial charge in [0.15, 0.2) is 0 Å². The molecule has 1 heterocycles. The van der Waals surface area contributed by atoms with E-state index < -0.39 is 24.0 Å². The summed E-state index contributed by atoms with van der Waals surface area (Å²) in [5.74, 6) is -1.22. The van der Waals surface area contributed by atoms with E-state index in [4.69, 9.17) is 4.74 Å². The molecular formula is C30H31N3O4. The number of rotatable bonds is 11. The maximum atomic E-state index is 13.5. The molecule has 1 aromatic heterocycles. The van der Waals surface area contributed by atoms with E-state index in [0.717, 1.165) is 27.6 Å². The second kappa shape index (κ2) is 12.5. The van der Waals surface area contributed by atoms with E-state index >= 15 is 0 Å². The van der Waals surface area contributed by atoms with E-state index in [1.807, 2.05) is 91.1 Å². The summed E-state index contributed by atoms with van der Waals surface area (Å²) in [4.78, 5) is 42.1. The van der Waals surface area contributed by atoms with Crippen LogP contribution in [0.25, 0.3) is 10.9 Å². The Morgan fingerprint density at radius 2 is 1.43 bits per heavy atom. The molecule has 0 unspecified atom stereocenters. The number of methoxy groups -OCH3 is 1. The minimum Gasteiger partial charge on any atom is -0.467 e. The molecule has 0 bridgehead atoms. The summed E-state index contributed by atoms with van der Waals surface area (Å²) in [5.41, 5.74) is 3.78. The molecule has 3 aromatic carbocycles. The standard InChI is InChI=1S/C30H31N3O4/c1-37-30(36)27(18-22-12-6-3-7-13-22)33-29(35)26(19-23-20-31-25-15-9-8-14-24(23)25)32-28(34)17-16-21-10-4-2-5-11-21/h2-15,20,26-27,31H,16-19H2,1H3,(H,32,34)(H,33,35)/t26-,27-/m1/s1. The number of para-hydroxylation sites is 1. The number of aromatic nitrogens is 1. The number of aryl methyl sites for hydroxylation is 1. The van der Waals surface area contributed by atoms with E-state index in [-0.39, 0.29) is 25.2 Å². The van der Waals surface area contributed by atoms with Crippen LogP contribution in [-0.2, 0) is 38.4 Å². The third-order valence-corrected chi connectivity index (χ3v) is 6.32. The maximum Gasteiger partial charge on any atom is 0.328 e. The van der Waals surface area contributed by atoms with Crippen molar-refractivity contribution in [1.29, 1.82) is 0 Å². The van der Waals surface area contributed by atoms with Crippen molar-refractivity contribution < 1.29 is 19.1 Å². The van der Waals surface area contributed by atoms with Crippen LogP contribution in [0.2, 0.25) is 0 Å². The van der Waals surface area contributed by atoms with Crippen LogP contribution in [0.5, 0.6) is 0 Å². The van der Waals surface area contributed by atoms with Crippen molar-refractivity contribution in [2.24, 2.45) is 0 Å². The van der Waals surface area contributed by atoms with Gasteiger partial charge in [0.1, 0.15) is 12.1 Å². The fourth-order valence-corrected chi connectivity index (χ4v) is 4.36. The summed E-state index contributed by atoms with van der Waals surface area (Å²) in [7, 11) is 1.29. The summed E-state index contributed by atoms with van der Waals surface area (Å²) in [6.45, 7) is 0. The Balaban J connectivity index is 1.51. The number of ether oxygens (including phenoxy) is 1. The van der Waals surface area contributed by atoms with Crippen LogP contribution in [0, 0.1) is 0 Å². The van der Waals surface area contributed by atoms with Crippen molar-refractivity contribution >= 4 is 28.7 Å². The van der Waals surface area contributed by atoms with Gasteiger partial charge in [0.2, 0.25) is 11.8 Å². The molecule has 0 aliphatic heterocycles. The van der Waals surface area contributed by atoms with Gasteiger partial charge in [0, 0.05) is 36.4 Å². The number of carbonyl (C=O) groups excluding carboxylic acids is 3. The lowest BCUT2D eigenvalue weighted by atomic mass is 10.0. The third kappa shape index (κ3) is 7.07. The van der Waals surface area contributed by atoms with Gasteiger partial charge < -0.3 is 20.4 Å². The first-order valence-corrected chi connectivity index (χ1v) is 12.3. The molecule has 2 amide bonds. The van der Waals surface area contributed by atoms with Crippen LogP contribution in [0.4, 0.5) is 0 Å². The maximum absolute atomic E-state index is 13.5. The molecule has 0 aliphatic carbocycles. The summed E-state index contributed by atoms with van der Waals surface area (Å²) in [6, 6.07) is 25.2. The molecule has 0 saturated heterocycles. The third-order valence-electron chi connectivity index (χ3n) is 6.32. The molecule has 7 nitrogen and oxygen atoms in total. The molecule has 0 fully saturated rings. The number of H-pyrrole nitrogens is 1. The Morgan fingerprint density at radius 1 is 0.784 bits per heavy atom. The normalized spacial score (nSPS) is 12.5. The predicted molar refractivity (Wildman–Crippen MR) is 143 cm³/mol. The van der Waals surface area contributed by atoms with Gasteiger partial charge in [-0.2, -0.15) is 0 Å². The Labute approximate surface area is 216 Å². The minimum atomic E-state index is -0.883. The monoisotopic (exact) mass is 497 g/mol. The van der Waals surface area contributed by atoms with Crippen LogP contribution in [0.1, 0.15) is 23.1 Å². The van der Waals surface area contributed by atoms with E-state index in [9.17, 15) is 14.4 Å². The molecule has 4 aromatic rings. The molecule has 37 heavy (non-hydrogen) atoms. The lowest BCUT2D eigenvalue weighted by Gasteiger charge is -2.22. The fraction of sp³-hybridized carbons (Fsp3) is 0.233. The quantitative estimate of drug-likeness (QED) is 0.275. The number of benzene rings is 3. The lowest BCUT2D eigenvalue weighted by Crippen LogP contribution is -2.53. The van der Waals surface area contributed by atoms with Gasteiger partial charge in [-0.05, 0) is 29.2 Å². The van der Waals surface area contributed by atoms with Crippen molar-refractivity contribution in [1.82, 2.24) is 15.6 Å². The second-order valence-corrected chi connectivity index (χ2v) is 8.94. The highest BCUT2D eigenvalue weighted by Crippen LogP contribution is 2.19. The van der Waals surface area contributed by atoms with Crippen molar-refractivity contribution in [2.45, 2.75) is 37.8 Å². The highest BCUT2D eigenvalue weighted by atomic mass is 16.5. The number of nitrogens with one attached hydrogen (secondary N) is 3. The highest BCUT2D eigenvalue weighted by molar-refractivity contribution is 5.92. The molecule has 3 N–H and O–H groups in total. The smallest absolute Gasteiger partial charge is 0.328 e. The molecular weight excluding hydrogens is 466 g/mol. The number of hydrogen-bond donors (Lipinski definition) is 3. The number of hydrogen-bond acceptors (Lipinski definition) is 4. The van der Waals surface area contributed by atoms with Gasteiger partial charge in [-0.3, -0.25) is 9.59 Å². The van der Waals surface area contributed by atoms with Gasteiger partial charge in [0.05, 0.1) is 7.11 Å². The van der Waals surface area contributed by atoms with Gasteiger partial charge in [-0.25, -0.2) is 4.79 Å². The second-order valence-electron chi connectivity index (χ2n) is 8.94. The largest absolute Gasteiger partial charge is 0.467 e. The molecule has 2 atom stereocenters. The number of amides is 2. The van der Waals surface area contributed by atoms with Gasteiger partial charge >= 0.3 is 5.97 Å². The SMILES string of the molecule is COC(=O)[C@@H](Cc1ccccc1)NC(=O)[C@@H](Cc1c[nH]c2ccccc12)NC(=O)CCc1ccccc1. The van der Waals surface area contributed by atoms with Crippen molar-refractivity contribution in [2.75, 3.05) is 7.11 Å². The first-order chi connectivity index (χ1) is 18.0. The highest BCUT2D eigenvalue weighted by Gasteiger charge is 2.28. The van der Waals surface area contributed by atoms with Crippen molar-refractivity contribution in [3.8, 4) is 0 Å². The van der Waals surface area contributed by atoms with Crippen molar-refractivity contribution in [3.63, 3.8) is 0 Å². The van der Waals surface area contributed by atoms with E-state index in [2.05, 4.69) is 15.6 Å². The van der Waals surface area contributed by atoms with Crippen LogP contribution in [0.15, 0.2) is 91.1 Å². The van der Waals surface area contributed by atoms with Crippen LogP contribution in [0.3, 0.4) is 0 Å². The van der Waals surface area contributed by atoms with Gasteiger partial charge in [-0.1, -0.05) is 78.9 Å². The van der Waals surface area contributed by atoms with E-state index in [1.54, 1.807) is 0 Å². The zero-order valence-corrected chi connectivity index (χ0v) is 20.8. The Kier molecular flexibility index (Phi) is 8.70. The Hall–Kier alpha value is -4.39. The summed E-state index contributed by atoms with van der Waals surface area (Å²) >= 11 is 0. The first-order valence-electron chi connectivity index (χ1n) is 12.3. The first kappa shape index (κ1) is 25.7. The summed E-state index contributed by atoms with van der Waals surface area (Å²) in [5, 5.41) is 6.70. The number of carbonyl (C=O) groups is 3. The Morgan fingerprint density at radius 3 is 2.14 bits per heavy atom. The molecule has 0 saturated carbocycles. The topological polar surface area (TPSA) is 100 Å². The summed E-state index contributed by atoms with van der Waals surface area (Å²) < 4.78 is 4.95. The zero-order valence-electron chi connectivity index (χ0n) is 20.8. The molecule has 0 radical (unpaired) electrons. The summed E-state index contributed by atoms with van der Waals surface area (Å²) in [6.07, 6.45) is 3.20. The molecule has 0 aliphatic rings. The van der Waals surface area contributed by atoms with E-state index in [0.29, 0.717) is 6.42 Å². The van der Waals surface area contributed by atoms with Gasteiger partial charge in [0.25, 0.3) is 0 Å². The fourth-order valence-electron chi connectivity index (χ4n) is 4.36. The molecule has 7 heteroatoms. The minimum absolute atomic E-state index is 0.235. The lowest BCUT2D eigenvalue weighted by molar-refractivity contribution is -0.145. The van der Waals surface area contributed by atoms with Crippen LogP contribution in [-0.4, -0.2) is 42.0 Å². The average Bonchev–Trinajstić information content (AvgIpc) is 3.34. The predicted octanol–water partition coefficient (Wildman–Crippen LogP) is 3.73. The number of fused-ring (bicyclic) bond motifs is 1. The zero-order chi connectivity index (χ0) is 26.0. The average molecular weight is 498 g/mol. The van der Waals surface area contributed by atoms with Crippen molar-refractivity contribution in [3.05, 3.63) is 108 Å². The molecule has 190 valence electrons. The Bertz CT molecular complexity index is 1330.